The normalized spacial score (nSPS) is 14.9. The van der Waals surface area contributed by atoms with Crippen molar-refractivity contribution in [2.24, 2.45) is 0 Å². The van der Waals surface area contributed by atoms with E-state index in [-0.39, 0.29) is 9.77 Å². The predicted octanol–water partition coefficient (Wildman–Crippen LogP) is 2.89. The third-order valence-electron chi connectivity index (χ3n) is 4.66. The minimum Gasteiger partial charge on any atom is -0.486 e. The molecule has 9 heteroatoms. The Balaban J connectivity index is 1.61. The highest BCUT2D eigenvalue weighted by molar-refractivity contribution is 7.89. The largest absolute Gasteiger partial charge is 0.486 e. The fourth-order valence-corrected chi connectivity index (χ4v) is 5.54. The van der Waals surface area contributed by atoms with Gasteiger partial charge in [-0.1, -0.05) is 17.4 Å². The standard InChI is InChI=1S/C19H20N2O5S2/c1-3-21-15-6-5-14(11-18(15)27-19(21)22)28(23,24)20-12(2)13-4-7-16-17(10-13)26-9-8-25-16/h4-7,10-12,20H,3,8-9H2,1-2H3. The van der Waals surface area contributed by atoms with E-state index in [9.17, 15) is 13.2 Å². The van der Waals surface area contributed by atoms with Crippen molar-refractivity contribution in [2.45, 2.75) is 31.3 Å². The molecule has 1 aliphatic rings. The minimum atomic E-state index is -3.76. The van der Waals surface area contributed by atoms with Crippen molar-refractivity contribution < 1.29 is 17.9 Å². The topological polar surface area (TPSA) is 86.6 Å². The fraction of sp³-hybridized carbons (Fsp3) is 0.316. The Labute approximate surface area is 166 Å². The van der Waals surface area contributed by atoms with E-state index >= 15 is 0 Å². The van der Waals surface area contributed by atoms with Crippen LogP contribution in [0, 0.1) is 0 Å². The number of sulfonamides is 1. The lowest BCUT2D eigenvalue weighted by Gasteiger charge is -2.21. The summed E-state index contributed by atoms with van der Waals surface area (Å²) in [6, 6.07) is 9.68. The summed E-state index contributed by atoms with van der Waals surface area (Å²) in [4.78, 5) is 12.0. The molecule has 0 spiro atoms. The van der Waals surface area contributed by atoms with Crippen molar-refractivity contribution in [2.75, 3.05) is 13.2 Å². The van der Waals surface area contributed by atoms with E-state index in [1.54, 1.807) is 35.8 Å². The highest BCUT2D eigenvalue weighted by atomic mass is 32.2. The summed E-state index contributed by atoms with van der Waals surface area (Å²) < 4.78 is 41.8. The number of aryl methyl sites for hydroxylation is 1. The minimum absolute atomic E-state index is 0.0929. The molecule has 1 N–H and O–H groups in total. The molecule has 0 radical (unpaired) electrons. The molecular weight excluding hydrogens is 400 g/mol. The molecule has 1 aliphatic heterocycles. The van der Waals surface area contributed by atoms with Gasteiger partial charge < -0.3 is 9.47 Å². The molecule has 1 aromatic heterocycles. The molecule has 1 unspecified atom stereocenters. The van der Waals surface area contributed by atoms with E-state index in [2.05, 4.69) is 4.72 Å². The van der Waals surface area contributed by atoms with Crippen LogP contribution in [0.15, 0.2) is 46.1 Å². The van der Waals surface area contributed by atoms with Gasteiger partial charge in [-0.3, -0.25) is 9.36 Å². The van der Waals surface area contributed by atoms with Gasteiger partial charge in [0.1, 0.15) is 13.2 Å². The van der Waals surface area contributed by atoms with Crippen LogP contribution in [-0.4, -0.2) is 26.2 Å². The smallest absolute Gasteiger partial charge is 0.308 e. The van der Waals surface area contributed by atoms with Crippen molar-refractivity contribution in [1.82, 2.24) is 9.29 Å². The van der Waals surface area contributed by atoms with Gasteiger partial charge in [-0.15, -0.1) is 0 Å². The first-order chi connectivity index (χ1) is 13.4. The van der Waals surface area contributed by atoms with Crippen molar-refractivity contribution >= 4 is 31.6 Å². The van der Waals surface area contributed by atoms with Gasteiger partial charge in [-0.25, -0.2) is 13.1 Å². The third-order valence-corrected chi connectivity index (χ3v) is 7.14. The molecular formula is C19H20N2O5S2. The number of benzene rings is 2. The number of rotatable bonds is 5. The Morgan fingerprint density at radius 2 is 1.89 bits per heavy atom. The highest BCUT2D eigenvalue weighted by Gasteiger charge is 2.21. The van der Waals surface area contributed by atoms with Crippen LogP contribution in [-0.2, 0) is 16.6 Å². The molecule has 1 atom stereocenters. The summed E-state index contributed by atoms with van der Waals surface area (Å²) >= 11 is 1.05. The van der Waals surface area contributed by atoms with Crippen molar-refractivity contribution in [3.05, 3.63) is 51.6 Å². The van der Waals surface area contributed by atoms with Gasteiger partial charge in [0, 0.05) is 12.6 Å². The number of aromatic nitrogens is 1. The summed E-state index contributed by atoms with van der Waals surface area (Å²) in [5.41, 5.74) is 1.52. The van der Waals surface area contributed by atoms with E-state index in [1.165, 1.54) is 6.07 Å². The van der Waals surface area contributed by atoms with Crippen LogP contribution >= 0.6 is 11.3 Å². The molecule has 7 nitrogen and oxygen atoms in total. The Kier molecular flexibility index (Phi) is 4.90. The number of hydrogen-bond donors (Lipinski definition) is 1. The maximum atomic E-state index is 12.9. The van der Waals surface area contributed by atoms with Crippen LogP contribution < -0.4 is 19.1 Å². The van der Waals surface area contributed by atoms with Gasteiger partial charge in [-0.05, 0) is 49.7 Å². The molecule has 0 fully saturated rings. The zero-order valence-electron chi connectivity index (χ0n) is 15.5. The lowest BCUT2D eigenvalue weighted by Crippen LogP contribution is -2.27. The third kappa shape index (κ3) is 3.41. The van der Waals surface area contributed by atoms with Crippen molar-refractivity contribution in [1.29, 1.82) is 0 Å². The summed E-state index contributed by atoms with van der Waals surface area (Å²) in [5.74, 6) is 1.27. The fourth-order valence-electron chi connectivity index (χ4n) is 3.21. The summed E-state index contributed by atoms with van der Waals surface area (Å²) in [6.07, 6.45) is 0. The zero-order chi connectivity index (χ0) is 19.9. The van der Waals surface area contributed by atoms with Gasteiger partial charge in [0.25, 0.3) is 0 Å². The number of nitrogens with zero attached hydrogens (tertiary/aromatic N) is 1. The predicted molar refractivity (Wildman–Crippen MR) is 108 cm³/mol. The summed E-state index contributed by atoms with van der Waals surface area (Å²) in [6.45, 7) is 5.17. The van der Waals surface area contributed by atoms with Gasteiger partial charge in [0.05, 0.1) is 15.1 Å². The molecule has 3 aromatic rings. The van der Waals surface area contributed by atoms with Crippen LogP contribution in [0.5, 0.6) is 11.5 Å². The van der Waals surface area contributed by atoms with Gasteiger partial charge in [0.2, 0.25) is 10.0 Å². The lowest BCUT2D eigenvalue weighted by molar-refractivity contribution is 0.171. The quantitative estimate of drug-likeness (QED) is 0.686. The second-order valence-corrected chi connectivity index (χ2v) is 9.20. The highest BCUT2D eigenvalue weighted by Crippen LogP contribution is 2.33. The number of ether oxygens (including phenoxy) is 2. The van der Waals surface area contributed by atoms with Crippen LogP contribution in [0.25, 0.3) is 10.2 Å². The molecule has 0 aliphatic carbocycles. The first-order valence-electron chi connectivity index (χ1n) is 8.94. The Bertz CT molecular complexity index is 1200. The maximum absolute atomic E-state index is 12.9. The average Bonchev–Trinajstić information content (AvgIpc) is 3.01. The molecule has 0 bridgehead atoms. The Hall–Kier alpha value is -2.36. The molecule has 0 saturated heterocycles. The number of thiazole rings is 1. The first-order valence-corrected chi connectivity index (χ1v) is 11.2. The van der Waals surface area contributed by atoms with E-state index in [4.69, 9.17) is 9.47 Å². The summed E-state index contributed by atoms with van der Waals surface area (Å²) in [7, 11) is -3.76. The van der Waals surface area contributed by atoms with Crippen molar-refractivity contribution in [3.8, 4) is 11.5 Å². The van der Waals surface area contributed by atoms with E-state index in [0.29, 0.717) is 36.0 Å². The van der Waals surface area contributed by atoms with Gasteiger partial charge in [-0.2, -0.15) is 0 Å². The molecule has 28 heavy (non-hydrogen) atoms. The number of fused-ring (bicyclic) bond motifs is 2. The monoisotopic (exact) mass is 420 g/mol. The van der Waals surface area contributed by atoms with E-state index in [1.807, 2.05) is 13.0 Å². The van der Waals surface area contributed by atoms with Gasteiger partial charge >= 0.3 is 4.87 Å². The number of hydrogen-bond acceptors (Lipinski definition) is 6. The van der Waals surface area contributed by atoms with E-state index in [0.717, 1.165) is 22.4 Å². The second kappa shape index (κ2) is 7.23. The molecule has 148 valence electrons. The number of nitrogens with one attached hydrogen (secondary N) is 1. The molecule has 0 amide bonds. The van der Waals surface area contributed by atoms with E-state index < -0.39 is 16.1 Å². The van der Waals surface area contributed by atoms with Crippen LogP contribution in [0.3, 0.4) is 0 Å². The lowest BCUT2D eigenvalue weighted by atomic mass is 10.1. The second-order valence-electron chi connectivity index (χ2n) is 6.49. The molecule has 0 saturated carbocycles. The molecule has 2 heterocycles. The maximum Gasteiger partial charge on any atom is 0.308 e. The van der Waals surface area contributed by atoms with Crippen LogP contribution in [0.1, 0.15) is 25.5 Å². The average molecular weight is 421 g/mol. The zero-order valence-corrected chi connectivity index (χ0v) is 17.1. The Morgan fingerprint density at radius 3 is 2.64 bits per heavy atom. The molecule has 2 aromatic carbocycles. The van der Waals surface area contributed by atoms with Crippen LogP contribution in [0.4, 0.5) is 0 Å². The summed E-state index contributed by atoms with van der Waals surface area (Å²) in [5, 5.41) is 0. The SMILES string of the molecule is CCn1c(=O)sc2cc(S(=O)(=O)NC(C)c3ccc4c(c3)OCCO4)ccc21. The first kappa shape index (κ1) is 19.0. The van der Waals surface area contributed by atoms with Crippen LogP contribution in [0.2, 0.25) is 0 Å². The Morgan fingerprint density at radius 1 is 1.14 bits per heavy atom. The molecule has 4 rings (SSSR count). The van der Waals surface area contributed by atoms with Gasteiger partial charge in [0.15, 0.2) is 11.5 Å². The van der Waals surface area contributed by atoms with Crippen molar-refractivity contribution in [3.63, 3.8) is 0 Å².